The first-order chi connectivity index (χ1) is 35.2. The summed E-state index contributed by atoms with van der Waals surface area (Å²) in [6.45, 7) is 0. The van der Waals surface area contributed by atoms with Gasteiger partial charge in [0, 0.05) is 50.6 Å². The lowest BCUT2D eigenvalue weighted by Crippen LogP contribution is -2.09. The number of hydrogen-bond acceptors (Lipinski definition) is 3. The number of nitriles is 1. The average molecular weight is 907 g/mol. The topological polar surface area (TPSA) is 35.2 Å². The molecule has 0 fully saturated rings. The van der Waals surface area contributed by atoms with Crippen LogP contribution in [0.2, 0.25) is 0 Å². The second kappa shape index (κ2) is 18.8. The van der Waals surface area contributed by atoms with E-state index < -0.39 is 0 Å². The molecular weight excluding hydrogens is 861 g/mol. The summed E-state index contributed by atoms with van der Waals surface area (Å²) in [7, 11) is 0. The number of hydrogen-bond donors (Lipinski definition) is 0. The third-order valence-corrected chi connectivity index (χ3v) is 13.4. The van der Waals surface area contributed by atoms with Gasteiger partial charge in [-0.25, -0.2) is 0 Å². The lowest BCUT2D eigenvalue weighted by molar-refractivity contribution is 1.18. The van der Waals surface area contributed by atoms with Gasteiger partial charge in [-0.1, -0.05) is 164 Å². The molecule has 0 saturated heterocycles. The van der Waals surface area contributed by atoms with Gasteiger partial charge in [0.25, 0.3) is 0 Å². The van der Waals surface area contributed by atoms with E-state index in [1.165, 1.54) is 10.8 Å². The fraction of sp³-hybridized carbons (Fsp3) is 0. The summed E-state index contributed by atoms with van der Waals surface area (Å²) in [5, 5.41) is 12.1. The molecule has 1 aromatic heterocycles. The molecule has 12 aromatic rings. The highest BCUT2D eigenvalue weighted by Crippen LogP contribution is 2.41. The summed E-state index contributed by atoms with van der Waals surface area (Å²) < 4.78 is 2.39. The highest BCUT2D eigenvalue weighted by Gasteiger charge is 2.18. The standard InChI is InChI=1S/C67H46N4/c68-47-55-15-13-14-24-63(55)52-27-25-48(26-28-52)49-29-41-62(42-30-49)71-66-43-35-53(50-31-37-60(38-32-50)69(56-16-5-1-6-17-56)57-18-7-2-8-19-57)45-64(66)65-46-54(36-44-67(65)71)51-33-39-61(40-34-51)70(58-20-9-3-10-21-58)59-22-11-4-12-23-59/h1-46H. The number of anilines is 6. The summed E-state index contributed by atoms with van der Waals surface area (Å²) in [6, 6.07) is 101. The number of para-hydroxylation sites is 4. The molecule has 0 aliphatic carbocycles. The van der Waals surface area contributed by atoms with Crippen molar-refractivity contribution in [3.8, 4) is 56.3 Å². The number of benzene rings is 11. The zero-order valence-corrected chi connectivity index (χ0v) is 38.8. The van der Waals surface area contributed by atoms with Crippen molar-refractivity contribution in [1.82, 2.24) is 4.57 Å². The lowest BCUT2D eigenvalue weighted by Gasteiger charge is -2.25. The van der Waals surface area contributed by atoms with Crippen molar-refractivity contribution in [2.24, 2.45) is 0 Å². The van der Waals surface area contributed by atoms with Crippen molar-refractivity contribution in [2.45, 2.75) is 0 Å². The van der Waals surface area contributed by atoms with Crippen LogP contribution in [0.5, 0.6) is 0 Å². The first-order valence-electron chi connectivity index (χ1n) is 24.0. The van der Waals surface area contributed by atoms with E-state index in [4.69, 9.17) is 0 Å². The van der Waals surface area contributed by atoms with Crippen molar-refractivity contribution in [3.05, 3.63) is 285 Å². The molecule has 12 rings (SSSR count). The van der Waals surface area contributed by atoms with Gasteiger partial charge in [0.05, 0.1) is 22.7 Å². The Morgan fingerprint density at radius 3 is 1.00 bits per heavy atom. The summed E-state index contributed by atoms with van der Waals surface area (Å²) in [6.07, 6.45) is 0. The first-order valence-corrected chi connectivity index (χ1v) is 24.0. The normalized spacial score (nSPS) is 11.1. The molecule has 11 aromatic carbocycles. The molecule has 0 aliphatic rings. The Labute approximate surface area is 414 Å². The Bertz CT molecular complexity index is 3560. The van der Waals surface area contributed by atoms with Gasteiger partial charge in [-0.05, 0) is 160 Å². The van der Waals surface area contributed by atoms with E-state index in [1.54, 1.807) is 0 Å². The van der Waals surface area contributed by atoms with Crippen LogP contribution in [0, 0.1) is 11.3 Å². The predicted molar refractivity (Wildman–Crippen MR) is 297 cm³/mol. The maximum Gasteiger partial charge on any atom is 0.0998 e. The molecule has 334 valence electrons. The minimum atomic E-state index is 0.675. The minimum absolute atomic E-state index is 0.675. The molecule has 0 N–H and O–H groups in total. The molecule has 0 spiro atoms. The van der Waals surface area contributed by atoms with Crippen LogP contribution in [-0.4, -0.2) is 4.57 Å². The van der Waals surface area contributed by atoms with E-state index in [9.17, 15) is 5.26 Å². The van der Waals surface area contributed by atoms with Crippen LogP contribution in [0.4, 0.5) is 34.1 Å². The van der Waals surface area contributed by atoms with Gasteiger partial charge in [0.1, 0.15) is 0 Å². The fourth-order valence-electron chi connectivity index (χ4n) is 9.95. The van der Waals surface area contributed by atoms with Crippen LogP contribution in [0.15, 0.2) is 279 Å². The van der Waals surface area contributed by atoms with Crippen LogP contribution >= 0.6 is 0 Å². The Balaban J connectivity index is 0.933. The molecule has 0 amide bonds. The predicted octanol–water partition coefficient (Wildman–Crippen LogP) is 18.3. The van der Waals surface area contributed by atoms with Crippen LogP contribution < -0.4 is 9.80 Å². The molecular formula is C67H46N4. The maximum atomic E-state index is 9.71. The van der Waals surface area contributed by atoms with Crippen molar-refractivity contribution in [1.29, 1.82) is 5.26 Å². The molecule has 0 radical (unpaired) electrons. The molecule has 0 bridgehead atoms. The molecule has 0 aliphatic heterocycles. The fourth-order valence-corrected chi connectivity index (χ4v) is 9.95. The van der Waals surface area contributed by atoms with Gasteiger partial charge >= 0.3 is 0 Å². The molecule has 71 heavy (non-hydrogen) atoms. The largest absolute Gasteiger partial charge is 0.311 e. The molecule has 4 nitrogen and oxygen atoms in total. The Hall–Kier alpha value is -9.69. The monoisotopic (exact) mass is 906 g/mol. The Morgan fingerprint density at radius 1 is 0.282 bits per heavy atom. The van der Waals surface area contributed by atoms with E-state index >= 15 is 0 Å². The number of rotatable bonds is 11. The number of aromatic nitrogens is 1. The third-order valence-electron chi connectivity index (χ3n) is 13.4. The van der Waals surface area contributed by atoms with E-state index in [-0.39, 0.29) is 0 Å². The van der Waals surface area contributed by atoms with E-state index in [0.29, 0.717) is 5.56 Å². The van der Waals surface area contributed by atoms with Gasteiger partial charge in [-0.15, -0.1) is 0 Å². The third kappa shape index (κ3) is 8.29. The van der Waals surface area contributed by atoms with Gasteiger partial charge in [0.2, 0.25) is 0 Å². The zero-order chi connectivity index (χ0) is 47.5. The SMILES string of the molecule is N#Cc1ccccc1-c1ccc(-c2ccc(-n3c4ccc(-c5ccc(N(c6ccccc6)c6ccccc6)cc5)cc4c4cc(-c5ccc(N(c6ccccc6)c6ccccc6)cc5)ccc43)cc2)cc1. The van der Waals surface area contributed by atoms with Crippen molar-refractivity contribution in [3.63, 3.8) is 0 Å². The highest BCUT2D eigenvalue weighted by atomic mass is 15.1. The molecule has 4 heteroatoms. The molecule has 0 saturated carbocycles. The van der Waals surface area contributed by atoms with Gasteiger partial charge in [-0.3, -0.25) is 0 Å². The van der Waals surface area contributed by atoms with E-state index in [0.717, 1.165) is 95.4 Å². The summed E-state index contributed by atoms with van der Waals surface area (Å²) in [5.41, 5.74) is 19.5. The first kappa shape index (κ1) is 42.6. The second-order valence-electron chi connectivity index (χ2n) is 17.7. The highest BCUT2D eigenvalue weighted by molar-refractivity contribution is 6.11. The smallest absolute Gasteiger partial charge is 0.0998 e. The average Bonchev–Trinajstić information content (AvgIpc) is 3.78. The van der Waals surface area contributed by atoms with Gasteiger partial charge in [-0.2, -0.15) is 5.26 Å². The van der Waals surface area contributed by atoms with E-state index in [1.807, 2.05) is 24.3 Å². The van der Waals surface area contributed by atoms with Crippen LogP contribution in [0.3, 0.4) is 0 Å². The molecule has 0 atom stereocenters. The summed E-state index contributed by atoms with van der Waals surface area (Å²) in [4.78, 5) is 4.60. The molecule has 1 heterocycles. The van der Waals surface area contributed by atoms with Crippen LogP contribution in [0.25, 0.3) is 72.0 Å². The minimum Gasteiger partial charge on any atom is -0.311 e. The van der Waals surface area contributed by atoms with Crippen molar-refractivity contribution >= 4 is 55.9 Å². The zero-order valence-electron chi connectivity index (χ0n) is 38.8. The maximum absolute atomic E-state index is 9.71. The van der Waals surface area contributed by atoms with Gasteiger partial charge < -0.3 is 14.4 Å². The van der Waals surface area contributed by atoms with Crippen molar-refractivity contribution in [2.75, 3.05) is 9.80 Å². The quantitative estimate of drug-likeness (QED) is 0.130. The summed E-state index contributed by atoms with van der Waals surface area (Å²) in [5.74, 6) is 0. The molecule has 0 unspecified atom stereocenters. The second-order valence-corrected chi connectivity index (χ2v) is 17.7. The lowest BCUT2D eigenvalue weighted by atomic mass is 9.97. The number of fused-ring (bicyclic) bond motifs is 3. The van der Waals surface area contributed by atoms with Crippen molar-refractivity contribution < 1.29 is 0 Å². The number of nitrogens with zero attached hydrogens (tertiary/aromatic N) is 4. The van der Waals surface area contributed by atoms with Gasteiger partial charge in [0.15, 0.2) is 0 Å². The van der Waals surface area contributed by atoms with E-state index in [2.05, 4.69) is 275 Å². The Morgan fingerprint density at radius 2 is 0.592 bits per heavy atom. The van der Waals surface area contributed by atoms with Crippen LogP contribution in [-0.2, 0) is 0 Å². The van der Waals surface area contributed by atoms with Crippen LogP contribution in [0.1, 0.15) is 5.56 Å². The summed E-state index contributed by atoms with van der Waals surface area (Å²) >= 11 is 0. The Kier molecular flexibility index (Phi) is 11.3.